The van der Waals surface area contributed by atoms with Crippen molar-refractivity contribution in [2.24, 2.45) is 11.8 Å². The molecule has 0 aromatic heterocycles. The Balaban J connectivity index is 2.13. The Bertz CT molecular complexity index is 527. The molecule has 1 aliphatic rings. The minimum atomic E-state index is -0.223. The van der Waals surface area contributed by atoms with Crippen LogP contribution in [0.25, 0.3) is 0 Å². The topological polar surface area (TPSA) is 38.3 Å². The Morgan fingerprint density at radius 2 is 2.05 bits per heavy atom. The fraction of sp³-hybridized carbons (Fsp3) is 0.471. The number of benzene rings is 1. The second-order valence-electron chi connectivity index (χ2n) is 5.95. The van der Waals surface area contributed by atoms with Gasteiger partial charge in [0.1, 0.15) is 5.92 Å². The van der Waals surface area contributed by atoms with Crippen molar-refractivity contribution in [3.05, 3.63) is 42.2 Å². The van der Waals surface area contributed by atoms with Crippen LogP contribution in [0.4, 0.5) is 5.69 Å². The molecule has 1 aromatic carbocycles. The zero-order chi connectivity index (χ0) is 15.4. The van der Waals surface area contributed by atoms with Gasteiger partial charge in [-0.15, -0.1) is 0 Å². The van der Waals surface area contributed by atoms with Crippen LogP contribution in [0.15, 0.2) is 36.6 Å². The lowest BCUT2D eigenvalue weighted by Gasteiger charge is -2.20. The number of carbonyl (C=O) groups is 1. The predicted molar refractivity (Wildman–Crippen MR) is 94.5 cm³/mol. The van der Waals surface area contributed by atoms with Crippen LogP contribution in [0, 0.1) is 11.8 Å². The van der Waals surface area contributed by atoms with Crippen molar-refractivity contribution in [3.8, 4) is 0 Å². The number of nitrogens with one attached hydrogen (secondary N) is 1. The molecule has 114 valence electrons. The van der Waals surface area contributed by atoms with E-state index in [-0.39, 0.29) is 15.9 Å². The number of amides is 1. The highest BCUT2D eigenvalue weighted by Gasteiger charge is 2.29. The molecular weight excluding hydrogens is 377 g/mol. The van der Waals surface area contributed by atoms with Crippen LogP contribution in [-0.2, 0) is 9.53 Å². The van der Waals surface area contributed by atoms with E-state index in [0.29, 0.717) is 11.8 Å². The van der Waals surface area contributed by atoms with E-state index in [2.05, 4.69) is 54.7 Å². The SMILES string of the molecule is CC(C)CC(C)c1ccccc1NC(=O)C1C=COC1I. The molecule has 1 heterocycles. The average molecular weight is 399 g/mol. The number of hydrogen-bond acceptors (Lipinski definition) is 2. The second-order valence-corrected chi connectivity index (χ2v) is 7.18. The maximum Gasteiger partial charge on any atom is 0.236 e. The molecule has 3 atom stereocenters. The van der Waals surface area contributed by atoms with Crippen LogP contribution in [0.2, 0.25) is 0 Å². The molecule has 3 nitrogen and oxygen atoms in total. The first-order valence-corrected chi connectivity index (χ1v) is 8.59. The van der Waals surface area contributed by atoms with Gasteiger partial charge in [-0.25, -0.2) is 0 Å². The zero-order valence-electron chi connectivity index (χ0n) is 12.7. The number of rotatable bonds is 5. The van der Waals surface area contributed by atoms with Crippen LogP contribution < -0.4 is 5.32 Å². The van der Waals surface area contributed by atoms with Gasteiger partial charge >= 0.3 is 0 Å². The lowest BCUT2D eigenvalue weighted by atomic mass is 9.91. The molecule has 3 unspecified atom stereocenters. The number of para-hydroxylation sites is 1. The van der Waals surface area contributed by atoms with Crippen molar-refractivity contribution < 1.29 is 9.53 Å². The fourth-order valence-corrected chi connectivity index (χ4v) is 3.41. The summed E-state index contributed by atoms with van der Waals surface area (Å²) in [6, 6.07) is 8.07. The first kappa shape index (κ1) is 16.3. The van der Waals surface area contributed by atoms with E-state index in [1.54, 1.807) is 6.26 Å². The molecule has 0 fully saturated rings. The van der Waals surface area contributed by atoms with E-state index in [1.807, 2.05) is 24.3 Å². The molecule has 4 heteroatoms. The van der Waals surface area contributed by atoms with Crippen LogP contribution in [0.1, 0.15) is 38.7 Å². The maximum atomic E-state index is 12.4. The fourth-order valence-electron chi connectivity index (χ4n) is 2.67. The van der Waals surface area contributed by atoms with E-state index in [9.17, 15) is 4.79 Å². The van der Waals surface area contributed by atoms with Gasteiger partial charge in [-0.3, -0.25) is 4.79 Å². The average Bonchev–Trinajstić information content (AvgIpc) is 2.84. The molecule has 0 radical (unpaired) electrons. The first-order valence-electron chi connectivity index (χ1n) is 7.35. The Kier molecular flexibility index (Phi) is 5.67. The molecule has 1 N–H and O–H groups in total. The van der Waals surface area contributed by atoms with Crippen LogP contribution >= 0.6 is 22.6 Å². The minimum Gasteiger partial charge on any atom is -0.487 e. The Morgan fingerprint density at radius 1 is 1.33 bits per heavy atom. The van der Waals surface area contributed by atoms with E-state index >= 15 is 0 Å². The third kappa shape index (κ3) is 4.22. The quantitative estimate of drug-likeness (QED) is 0.576. The van der Waals surface area contributed by atoms with Crippen LogP contribution in [-0.4, -0.2) is 10.0 Å². The van der Waals surface area contributed by atoms with E-state index in [0.717, 1.165) is 12.1 Å². The Hall–Kier alpha value is -1.04. The maximum absolute atomic E-state index is 12.4. The highest BCUT2D eigenvalue weighted by molar-refractivity contribution is 14.1. The molecule has 1 aliphatic heterocycles. The second kappa shape index (κ2) is 7.29. The summed E-state index contributed by atoms with van der Waals surface area (Å²) in [6.45, 7) is 6.66. The number of anilines is 1. The smallest absolute Gasteiger partial charge is 0.236 e. The minimum absolute atomic E-state index is 0.00709. The number of hydrogen-bond donors (Lipinski definition) is 1. The van der Waals surface area contributed by atoms with Crippen molar-refractivity contribution in [3.63, 3.8) is 0 Å². The van der Waals surface area contributed by atoms with E-state index in [4.69, 9.17) is 4.74 Å². The number of halogens is 1. The van der Waals surface area contributed by atoms with Gasteiger partial charge in [0.2, 0.25) is 5.91 Å². The van der Waals surface area contributed by atoms with Gasteiger partial charge in [-0.1, -0.05) is 39.0 Å². The van der Waals surface area contributed by atoms with Crippen LogP contribution in [0.3, 0.4) is 0 Å². The Labute approximate surface area is 140 Å². The van der Waals surface area contributed by atoms with Gasteiger partial charge in [0.15, 0.2) is 4.11 Å². The predicted octanol–water partition coefficient (Wildman–Crippen LogP) is 4.70. The summed E-state index contributed by atoms with van der Waals surface area (Å²) in [5.41, 5.74) is 2.12. The monoisotopic (exact) mass is 399 g/mol. The number of alkyl halides is 1. The highest BCUT2D eigenvalue weighted by Crippen LogP contribution is 2.31. The molecule has 21 heavy (non-hydrogen) atoms. The van der Waals surface area contributed by atoms with Crippen LogP contribution in [0.5, 0.6) is 0 Å². The van der Waals surface area contributed by atoms with Crippen molar-refractivity contribution in [2.45, 2.75) is 37.2 Å². The molecule has 1 aromatic rings. The summed E-state index contributed by atoms with van der Waals surface area (Å²) < 4.78 is 5.18. The van der Waals surface area contributed by atoms with E-state index < -0.39 is 0 Å². The normalized spacial score (nSPS) is 22.1. The number of ether oxygens (including phenoxy) is 1. The number of carbonyl (C=O) groups excluding carboxylic acids is 1. The summed E-state index contributed by atoms with van der Waals surface area (Å²) in [7, 11) is 0. The largest absolute Gasteiger partial charge is 0.487 e. The highest BCUT2D eigenvalue weighted by atomic mass is 127. The molecule has 0 bridgehead atoms. The third-order valence-electron chi connectivity index (χ3n) is 3.65. The van der Waals surface area contributed by atoms with Crippen molar-refractivity contribution in [2.75, 3.05) is 5.32 Å². The van der Waals surface area contributed by atoms with E-state index in [1.165, 1.54) is 5.56 Å². The van der Waals surface area contributed by atoms with Gasteiger partial charge in [-0.2, -0.15) is 0 Å². The molecule has 0 saturated heterocycles. The molecule has 0 aliphatic carbocycles. The summed E-state index contributed by atoms with van der Waals surface area (Å²) >= 11 is 2.14. The summed E-state index contributed by atoms with van der Waals surface area (Å²) in [5, 5.41) is 3.06. The lowest BCUT2D eigenvalue weighted by Crippen LogP contribution is -2.26. The summed E-state index contributed by atoms with van der Waals surface area (Å²) in [5.74, 6) is 0.826. The van der Waals surface area contributed by atoms with Gasteiger partial charge in [0.05, 0.1) is 6.26 Å². The first-order chi connectivity index (χ1) is 9.99. The molecule has 0 spiro atoms. The van der Waals surface area contributed by atoms with Gasteiger partial charge in [-0.05, 0) is 58.6 Å². The van der Waals surface area contributed by atoms with Crippen molar-refractivity contribution in [1.29, 1.82) is 0 Å². The summed E-state index contributed by atoms with van der Waals surface area (Å²) in [4.78, 5) is 12.4. The summed E-state index contributed by atoms with van der Waals surface area (Å²) in [6.07, 6.45) is 4.52. The molecular formula is C17H22INO2. The third-order valence-corrected chi connectivity index (χ3v) is 4.72. The van der Waals surface area contributed by atoms with Crippen molar-refractivity contribution in [1.82, 2.24) is 0 Å². The van der Waals surface area contributed by atoms with Gasteiger partial charge in [0.25, 0.3) is 0 Å². The standard InChI is InChI=1S/C17H22INO2/c1-11(2)10-12(3)13-6-4-5-7-15(13)19-17(20)14-8-9-21-16(14)18/h4-9,11-12,14,16H,10H2,1-3H3,(H,19,20). The Morgan fingerprint density at radius 3 is 2.67 bits per heavy atom. The van der Waals surface area contributed by atoms with Gasteiger partial charge in [0, 0.05) is 5.69 Å². The molecule has 1 amide bonds. The van der Waals surface area contributed by atoms with Gasteiger partial charge < -0.3 is 10.1 Å². The zero-order valence-corrected chi connectivity index (χ0v) is 14.8. The molecule has 0 saturated carbocycles. The molecule has 2 rings (SSSR count). The lowest BCUT2D eigenvalue weighted by molar-refractivity contribution is -0.119. The van der Waals surface area contributed by atoms with Crippen molar-refractivity contribution >= 4 is 34.2 Å².